The van der Waals surface area contributed by atoms with E-state index >= 15 is 0 Å². The smallest absolute Gasteiger partial charge is 0.362 e. The zero-order chi connectivity index (χ0) is 15.3. The van der Waals surface area contributed by atoms with Gasteiger partial charge in [-0.25, -0.2) is 4.79 Å². The van der Waals surface area contributed by atoms with Crippen LogP contribution in [0.3, 0.4) is 0 Å². The van der Waals surface area contributed by atoms with Crippen molar-refractivity contribution in [1.29, 1.82) is 0 Å². The number of halogens is 1. The number of quaternary nitrogens is 1. The summed E-state index contributed by atoms with van der Waals surface area (Å²) in [6.07, 6.45) is 3.71. The molecule has 2 aliphatic carbocycles. The molecule has 22 heavy (non-hydrogen) atoms. The Morgan fingerprint density at radius 1 is 1.27 bits per heavy atom. The Hall–Kier alpha value is -0.320. The van der Waals surface area contributed by atoms with Crippen LogP contribution in [0, 0.1) is 16.7 Å². The van der Waals surface area contributed by atoms with Crippen molar-refractivity contribution in [3.05, 3.63) is 0 Å². The average molecular weight is 331 g/mol. The van der Waals surface area contributed by atoms with Crippen molar-refractivity contribution in [2.45, 2.75) is 46.1 Å². The summed E-state index contributed by atoms with van der Waals surface area (Å²) in [5.74, 6) is 0.734. The molecule has 0 spiro atoms. The number of rotatable bonds is 3. The van der Waals surface area contributed by atoms with E-state index in [0.717, 1.165) is 43.0 Å². The van der Waals surface area contributed by atoms with Crippen molar-refractivity contribution in [2.75, 3.05) is 39.8 Å². The van der Waals surface area contributed by atoms with Crippen LogP contribution in [-0.4, -0.2) is 56.3 Å². The molecule has 4 nitrogen and oxygen atoms in total. The highest BCUT2D eigenvalue weighted by Gasteiger charge is 2.63. The molecule has 1 N–H and O–H groups in total. The van der Waals surface area contributed by atoms with Gasteiger partial charge in [0.05, 0.1) is 20.1 Å². The summed E-state index contributed by atoms with van der Waals surface area (Å²) in [4.78, 5) is 12.4. The number of nitrogens with zero attached hydrogens (tertiary/aromatic N) is 1. The Bertz CT molecular complexity index is 434. The quantitative estimate of drug-likeness (QED) is 0.522. The molecule has 1 aliphatic heterocycles. The van der Waals surface area contributed by atoms with Gasteiger partial charge in [-0.2, -0.15) is 0 Å². The average Bonchev–Trinajstić information content (AvgIpc) is 2.72. The first-order valence-corrected chi connectivity index (χ1v) is 8.51. The van der Waals surface area contributed by atoms with Crippen molar-refractivity contribution in [2.24, 2.45) is 16.7 Å². The van der Waals surface area contributed by atoms with Crippen LogP contribution in [0.2, 0.25) is 0 Å². The maximum Gasteiger partial charge on any atom is 0.362 e. The van der Waals surface area contributed by atoms with Crippen molar-refractivity contribution in [1.82, 2.24) is 5.32 Å². The molecule has 1 heterocycles. The number of nitrogens with one attached hydrogen (secondary N) is 1. The topological polar surface area (TPSA) is 38.3 Å². The van der Waals surface area contributed by atoms with E-state index in [-0.39, 0.29) is 29.9 Å². The van der Waals surface area contributed by atoms with Gasteiger partial charge in [0.1, 0.15) is 6.10 Å². The number of hydrogen-bond acceptors (Lipinski definition) is 3. The first kappa shape index (κ1) is 18.0. The van der Waals surface area contributed by atoms with Crippen LogP contribution in [0.25, 0.3) is 0 Å². The summed E-state index contributed by atoms with van der Waals surface area (Å²) in [6, 6.07) is 0. The Balaban J connectivity index is 0.00000176. The predicted octanol–water partition coefficient (Wildman–Crippen LogP) is -1.20. The summed E-state index contributed by atoms with van der Waals surface area (Å²) >= 11 is 0. The van der Waals surface area contributed by atoms with Crippen LogP contribution in [0.4, 0.5) is 0 Å². The Labute approximate surface area is 141 Å². The van der Waals surface area contributed by atoms with Gasteiger partial charge in [-0.15, -0.1) is 0 Å². The second-order valence-corrected chi connectivity index (χ2v) is 8.56. The molecule has 3 atom stereocenters. The van der Waals surface area contributed by atoms with Gasteiger partial charge in [-0.05, 0) is 30.6 Å². The lowest BCUT2D eigenvalue weighted by Gasteiger charge is -2.40. The molecule has 0 radical (unpaired) electrons. The van der Waals surface area contributed by atoms with Gasteiger partial charge in [-0.3, -0.25) is 0 Å². The number of hydrogen-bond donors (Lipinski definition) is 1. The SMILES string of the molecule is CC1(C)C2CCC1(C)C(OC(=O)C[N+]1(C)CCNCC1)C2.[Cl-]. The highest BCUT2D eigenvalue weighted by Crippen LogP contribution is 2.66. The first-order valence-electron chi connectivity index (χ1n) is 8.51. The number of piperazine rings is 1. The fourth-order valence-corrected chi connectivity index (χ4v) is 4.91. The first-order chi connectivity index (χ1) is 9.77. The lowest BCUT2D eigenvalue weighted by Crippen LogP contribution is -3.00. The molecule has 3 fully saturated rings. The van der Waals surface area contributed by atoms with Crippen LogP contribution < -0.4 is 17.7 Å². The maximum atomic E-state index is 12.4. The zero-order valence-electron chi connectivity index (χ0n) is 14.5. The summed E-state index contributed by atoms with van der Waals surface area (Å²) in [5.41, 5.74) is 0.487. The molecule has 0 aromatic heterocycles. The number of carbonyl (C=O) groups excluding carboxylic acids is 1. The molecule has 3 aliphatic rings. The van der Waals surface area contributed by atoms with Gasteiger partial charge in [0.25, 0.3) is 0 Å². The van der Waals surface area contributed by atoms with E-state index in [1.165, 1.54) is 12.8 Å². The summed E-state index contributed by atoms with van der Waals surface area (Å²) in [6.45, 7) is 11.6. The number of fused-ring (bicyclic) bond motifs is 2. The van der Waals surface area contributed by atoms with Crippen LogP contribution in [0.1, 0.15) is 40.0 Å². The van der Waals surface area contributed by atoms with Gasteiger partial charge in [-0.1, -0.05) is 20.8 Å². The highest BCUT2D eigenvalue weighted by atomic mass is 35.5. The van der Waals surface area contributed by atoms with Crippen molar-refractivity contribution in [3.63, 3.8) is 0 Å². The summed E-state index contributed by atoms with van der Waals surface area (Å²) in [5, 5.41) is 3.36. The molecule has 3 unspecified atom stereocenters. The second-order valence-electron chi connectivity index (χ2n) is 8.56. The molecule has 0 aromatic carbocycles. The van der Waals surface area contributed by atoms with Crippen LogP contribution in [-0.2, 0) is 9.53 Å². The van der Waals surface area contributed by atoms with Crippen molar-refractivity contribution in [3.8, 4) is 0 Å². The Kier molecular flexibility index (Phi) is 4.88. The molecule has 0 amide bonds. The number of ether oxygens (including phenoxy) is 1. The van der Waals surface area contributed by atoms with E-state index in [4.69, 9.17) is 4.74 Å². The second kappa shape index (κ2) is 5.95. The lowest BCUT2D eigenvalue weighted by atomic mass is 9.70. The number of esters is 1. The van der Waals surface area contributed by atoms with E-state index in [2.05, 4.69) is 33.1 Å². The minimum absolute atomic E-state index is 0. The van der Waals surface area contributed by atoms with E-state index in [1.54, 1.807) is 0 Å². The third kappa shape index (κ3) is 2.78. The van der Waals surface area contributed by atoms with E-state index < -0.39 is 0 Å². The third-order valence-corrected chi connectivity index (χ3v) is 7.16. The van der Waals surface area contributed by atoms with Gasteiger partial charge in [0.15, 0.2) is 6.54 Å². The lowest BCUT2D eigenvalue weighted by molar-refractivity contribution is -0.904. The molecule has 2 bridgehead atoms. The van der Waals surface area contributed by atoms with Crippen molar-refractivity contribution < 1.29 is 26.4 Å². The fourth-order valence-electron chi connectivity index (χ4n) is 4.91. The van der Waals surface area contributed by atoms with Crippen LogP contribution >= 0.6 is 0 Å². The predicted molar refractivity (Wildman–Crippen MR) is 82.8 cm³/mol. The molecule has 128 valence electrons. The normalized spacial score (nSPS) is 38.4. The standard InChI is InChI=1S/C17H31N2O2.ClH/c1-16(2)13-5-6-17(16,3)14(11-13)21-15(20)12-19(4)9-7-18-8-10-19;/h13-14,18H,5-12H2,1-4H3;1H/q+1;/p-1. The monoisotopic (exact) mass is 330 g/mol. The molecule has 3 rings (SSSR count). The van der Waals surface area contributed by atoms with Gasteiger partial charge < -0.3 is 26.9 Å². The largest absolute Gasteiger partial charge is 1.00 e. The molecular weight excluding hydrogens is 300 g/mol. The van der Waals surface area contributed by atoms with E-state index in [1.807, 2.05) is 0 Å². The molecule has 0 aromatic rings. The molecular formula is C17H31ClN2O2. The minimum Gasteiger partial charge on any atom is -1.00 e. The molecule has 2 saturated carbocycles. The van der Waals surface area contributed by atoms with E-state index in [9.17, 15) is 4.79 Å². The van der Waals surface area contributed by atoms with E-state index in [0.29, 0.717) is 12.0 Å². The zero-order valence-corrected chi connectivity index (χ0v) is 15.2. The minimum atomic E-state index is 0. The molecule has 1 saturated heterocycles. The Morgan fingerprint density at radius 2 is 1.91 bits per heavy atom. The highest BCUT2D eigenvalue weighted by molar-refractivity contribution is 5.71. The number of likely N-dealkylation sites (N-methyl/N-ethyl adjacent to an activating group) is 1. The van der Waals surface area contributed by atoms with Crippen LogP contribution in [0.15, 0.2) is 0 Å². The maximum absolute atomic E-state index is 12.4. The fraction of sp³-hybridized carbons (Fsp3) is 0.941. The van der Waals surface area contributed by atoms with Gasteiger partial charge in [0, 0.05) is 18.5 Å². The van der Waals surface area contributed by atoms with Gasteiger partial charge >= 0.3 is 5.97 Å². The van der Waals surface area contributed by atoms with Crippen molar-refractivity contribution >= 4 is 5.97 Å². The summed E-state index contributed by atoms with van der Waals surface area (Å²) < 4.78 is 6.80. The van der Waals surface area contributed by atoms with Crippen LogP contribution in [0.5, 0.6) is 0 Å². The third-order valence-electron chi connectivity index (χ3n) is 7.16. The number of carbonyl (C=O) groups is 1. The molecule has 5 heteroatoms. The summed E-state index contributed by atoms with van der Waals surface area (Å²) in [7, 11) is 2.18. The Morgan fingerprint density at radius 3 is 2.41 bits per heavy atom. The van der Waals surface area contributed by atoms with Gasteiger partial charge in [0.2, 0.25) is 0 Å².